The van der Waals surface area contributed by atoms with Gasteiger partial charge in [-0.1, -0.05) is 109 Å². The molecule has 0 amide bonds. The molecule has 0 aliphatic heterocycles. The molecule has 5 heteroatoms. The number of fused-ring (bicyclic) bond motifs is 1. The molecule has 2 heterocycles. The Balaban J connectivity index is 0.00000343. The largest absolute Gasteiger partial charge is 0.507 e. The van der Waals surface area contributed by atoms with Gasteiger partial charge in [0.25, 0.3) is 0 Å². The van der Waals surface area contributed by atoms with Crippen molar-refractivity contribution in [2.75, 3.05) is 0 Å². The fourth-order valence-electron chi connectivity index (χ4n) is 5.92. The van der Waals surface area contributed by atoms with Crippen molar-refractivity contribution in [1.82, 2.24) is 14.5 Å². The van der Waals surface area contributed by atoms with E-state index in [1.165, 1.54) is 5.56 Å². The second-order valence-corrected chi connectivity index (χ2v) is 11.2. The first-order valence-corrected chi connectivity index (χ1v) is 14.4. The molecule has 0 saturated heterocycles. The minimum atomic E-state index is -0.342. The van der Waals surface area contributed by atoms with Gasteiger partial charge in [-0.2, -0.15) is 0 Å². The second kappa shape index (κ2) is 12.1. The summed E-state index contributed by atoms with van der Waals surface area (Å²) in [6.07, 6.45) is 1.81. The average molecular weight is 752 g/mol. The third kappa shape index (κ3) is 5.16. The molecule has 218 valence electrons. The summed E-state index contributed by atoms with van der Waals surface area (Å²) in [5.41, 5.74) is 9.17. The number of phenols is 1. The first kappa shape index (κ1) is 29.3. The zero-order chi connectivity index (χ0) is 29.4. The van der Waals surface area contributed by atoms with E-state index < -0.39 is 0 Å². The van der Waals surface area contributed by atoms with Crippen LogP contribution in [0.5, 0.6) is 5.75 Å². The zero-order valence-electron chi connectivity index (χ0n) is 24.4. The van der Waals surface area contributed by atoms with Crippen LogP contribution in [0.15, 0.2) is 140 Å². The Kier molecular flexibility index (Phi) is 8.03. The molecule has 0 bridgehead atoms. The van der Waals surface area contributed by atoms with E-state index in [0.29, 0.717) is 11.4 Å². The Labute approximate surface area is 272 Å². The summed E-state index contributed by atoms with van der Waals surface area (Å²) in [6.45, 7) is 4.52. The molecule has 5 aromatic carbocycles. The summed E-state index contributed by atoms with van der Waals surface area (Å²) in [7, 11) is 0. The Morgan fingerprint density at radius 3 is 2.09 bits per heavy atom. The van der Waals surface area contributed by atoms with Gasteiger partial charge in [0.2, 0.25) is 0 Å². The first-order valence-electron chi connectivity index (χ1n) is 14.4. The Morgan fingerprint density at radius 1 is 0.682 bits per heavy atom. The van der Waals surface area contributed by atoms with E-state index in [1.807, 2.05) is 66.7 Å². The monoisotopic (exact) mass is 751 g/mol. The molecular formula is C39H30N3OPt-. The maximum Gasteiger partial charge on any atom is 0.148 e. The third-order valence-electron chi connectivity index (χ3n) is 8.16. The predicted octanol–water partition coefficient (Wildman–Crippen LogP) is 9.25. The van der Waals surface area contributed by atoms with Crippen molar-refractivity contribution in [3.63, 3.8) is 0 Å². The van der Waals surface area contributed by atoms with Crippen molar-refractivity contribution in [3.8, 4) is 45.2 Å². The molecule has 4 nitrogen and oxygen atoms in total. The van der Waals surface area contributed by atoms with Crippen molar-refractivity contribution >= 4 is 11.0 Å². The minimum Gasteiger partial charge on any atom is -0.507 e. The van der Waals surface area contributed by atoms with Gasteiger partial charge >= 0.3 is 0 Å². The minimum absolute atomic E-state index is 0. The summed E-state index contributed by atoms with van der Waals surface area (Å²) in [4.78, 5) is 9.93. The molecule has 0 aliphatic carbocycles. The number of aromatic nitrogens is 3. The van der Waals surface area contributed by atoms with Crippen LogP contribution < -0.4 is 0 Å². The van der Waals surface area contributed by atoms with Gasteiger partial charge in [0, 0.05) is 44.1 Å². The molecule has 0 spiro atoms. The van der Waals surface area contributed by atoms with Gasteiger partial charge in [0.1, 0.15) is 11.6 Å². The SMILES string of the molecule is CC(C)(c1ccccc1)c1ccc2c(nc(-c3ccccc3O)n2-c2ccccc2)c1-c1[c-]c(-c2ccccn2)ccc1.[Pt]. The topological polar surface area (TPSA) is 50.9 Å². The van der Waals surface area contributed by atoms with E-state index in [2.05, 4.69) is 90.1 Å². The molecule has 7 rings (SSSR count). The molecule has 1 N–H and O–H groups in total. The van der Waals surface area contributed by atoms with Gasteiger partial charge in [0.05, 0.1) is 16.6 Å². The van der Waals surface area contributed by atoms with Gasteiger partial charge < -0.3 is 5.11 Å². The van der Waals surface area contributed by atoms with Gasteiger partial charge in [-0.25, -0.2) is 4.98 Å². The zero-order valence-corrected chi connectivity index (χ0v) is 26.7. The maximum atomic E-state index is 11.0. The summed E-state index contributed by atoms with van der Waals surface area (Å²) >= 11 is 0. The van der Waals surface area contributed by atoms with Crippen LogP contribution >= 0.6 is 0 Å². The molecule has 7 aromatic rings. The van der Waals surface area contributed by atoms with Crippen molar-refractivity contribution in [2.45, 2.75) is 19.3 Å². The molecule has 0 atom stereocenters. The summed E-state index contributed by atoms with van der Waals surface area (Å²) in [5.74, 6) is 0.862. The molecule has 0 unspecified atom stereocenters. The standard InChI is InChI=1S/C39H30N3O.Pt/c1-39(2,29-16-5-3-6-17-29)32-23-24-34-37(36(32)28-15-13-14-27(26-28)33-21-11-12-25-40-33)41-38(31-20-9-10-22-35(31)43)42(34)30-18-7-4-8-19-30;/h3-25,43H,1-2H3;/q-1;. The van der Waals surface area contributed by atoms with Crippen LogP contribution in [-0.4, -0.2) is 19.6 Å². The third-order valence-corrected chi connectivity index (χ3v) is 8.16. The van der Waals surface area contributed by atoms with E-state index in [9.17, 15) is 5.11 Å². The summed E-state index contributed by atoms with van der Waals surface area (Å²) in [5, 5.41) is 11.0. The molecule has 0 radical (unpaired) electrons. The van der Waals surface area contributed by atoms with E-state index in [4.69, 9.17) is 4.98 Å². The van der Waals surface area contributed by atoms with E-state index in [-0.39, 0.29) is 32.2 Å². The van der Waals surface area contributed by atoms with Crippen molar-refractivity contribution in [3.05, 3.63) is 157 Å². The Hall–Kier alpha value is -4.79. The number of pyridine rings is 1. The van der Waals surface area contributed by atoms with Crippen molar-refractivity contribution < 1.29 is 26.2 Å². The fourth-order valence-corrected chi connectivity index (χ4v) is 5.92. The van der Waals surface area contributed by atoms with Gasteiger partial charge in [-0.3, -0.25) is 9.55 Å². The van der Waals surface area contributed by atoms with Crippen LogP contribution in [0.4, 0.5) is 0 Å². The first-order chi connectivity index (χ1) is 21.0. The normalized spacial score (nSPS) is 11.3. The van der Waals surface area contributed by atoms with Crippen LogP contribution in [0.25, 0.3) is 50.5 Å². The number of hydrogen-bond donors (Lipinski definition) is 1. The molecule has 0 fully saturated rings. The van der Waals surface area contributed by atoms with Gasteiger partial charge in [-0.15, -0.1) is 29.8 Å². The van der Waals surface area contributed by atoms with Crippen LogP contribution in [0.1, 0.15) is 25.0 Å². The average Bonchev–Trinajstić information content (AvgIpc) is 3.45. The molecule has 0 saturated carbocycles. The van der Waals surface area contributed by atoms with Crippen LogP contribution in [-0.2, 0) is 26.5 Å². The quantitative estimate of drug-likeness (QED) is 0.173. The summed E-state index contributed by atoms with van der Waals surface area (Å²) < 4.78 is 2.13. The number of nitrogens with zero attached hydrogens (tertiary/aromatic N) is 3. The number of aromatic hydroxyl groups is 1. The number of rotatable bonds is 6. The van der Waals surface area contributed by atoms with Crippen LogP contribution in [0, 0.1) is 6.07 Å². The summed E-state index contributed by atoms with van der Waals surface area (Å²) in [6, 6.07) is 48.4. The van der Waals surface area contributed by atoms with E-state index >= 15 is 0 Å². The number of para-hydroxylation sites is 2. The smallest absolute Gasteiger partial charge is 0.148 e. The molecular weight excluding hydrogens is 722 g/mol. The molecule has 0 aliphatic rings. The number of hydrogen-bond acceptors (Lipinski definition) is 3. The van der Waals surface area contributed by atoms with Gasteiger partial charge in [-0.05, 0) is 42.0 Å². The van der Waals surface area contributed by atoms with Crippen LogP contribution in [0.3, 0.4) is 0 Å². The van der Waals surface area contributed by atoms with E-state index in [1.54, 1.807) is 12.3 Å². The van der Waals surface area contributed by atoms with E-state index in [0.717, 1.165) is 44.7 Å². The Bertz CT molecular complexity index is 2050. The number of phenolic OH excluding ortho intramolecular Hbond substituents is 1. The second-order valence-electron chi connectivity index (χ2n) is 11.2. The number of imidazole rings is 1. The molecule has 44 heavy (non-hydrogen) atoms. The van der Waals surface area contributed by atoms with Crippen molar-refractivity contribution in [1.29, 1.82) is 0 Å². The molecule has 2 aromatic heterocycles. The van der Waals surface area contributed by atoms with Crippen molar-refractivity contribution in [2.24, 2.45) is 0 Å². The van der Waals surface area contributed by atoms with Gasteiger partial charge in [0.15, 0.2) is 0 Å². The number of benzene rings is 5. The Morgan fingerprint density at radius 2 is 1.36 bits per heavy atom. The van der Waals surface area contributed by atoms with Crippen LogP contribution in [0.2, 0.25) is 0 Å². The predicted molar refractivity (Wildman–Crippen MR) is 174 cm³/mol. The maximum absolute atomic E-state index is 11.0. The fraction of sp³-hybridized carbons (Fsp3) is 0.0769.